The van der Waals surface area contributed by atoms with Gasteiger partial charge in [-0.3, -0.25) is 24.1 Å². The van der Waals surface area contributed by atoms with E-state index in [0.717, 1.165) is 23.1 Å². The molecule has 0 spiro atoms. The van der Waals surface area contributed by atoms with Crippen LogP contribution in [0.1, 0.15) is 43.7 Å². The third-order valence-electron chi connectivity index (χ3n) is 8.39. The summed E-state index contributed by atoms with van der Waals surface area (Å²) in [5.41, 5.74) is 4.66. The number of ketones is 2. The number of carbonyl (C=O) groups is 4. The summed E-state index contributed by atoms with van der Waals surface area (Å²) in [6.45, 7) is 3.70. The molecule has 1 aliphatic heterocycles. The van der Waals surface area contributed by atoms with Crippen LogP contribution in [0.5, 0.6) is 5.75 Å². The highest BCUT2D eigenvalue weighted by atomic mass is 16.3. The smallest absolute Gasteiger partial charge is 0.238 e. The first-order valence-electron chi connectivity index (χ1n) is 12.8. The summed E-state index contributed by atoms with van der Waals surface area (Å²) in [4.78, 5) is 55.2. The number of allylic oxidation sites excluding steroid dienone is 6. The lowest BCUT2D eigenvalue weighted by Gasteiger charge is -2.42. The van der Waals surface area contributed by atoms with Crippen molar-refractivity contribution in [2.45, 2.75) is 39.0 Å². The minimum Gasteiger partial charge on any atom is -0.508 e. The Morgan fingerprint density at radius 2 is 1.62 bits per heavy atom. The molecule has 0 bridgehead atoms. The molecule has 186 valence electrons. The molecule has 0 saturated carbocycles. The summed E-state index contributed by atoms with van der Waals surface area (Å²) in [6.07, 6.45) is 4.91. The van der Waals surface area contributed by atoms with E-state index in [0.29, 0.717) is 28.8 Å². The number of anilines is 1. The molecular weight excluding hydrogens is 466 g/mol. The standard InChI is InChI=1S/C31H27NO5/c1-3-17-4-8-19(9-5-17)32-30(36)22-13-12-21-23(27(22)31(32)37)15-24-25(34)14-16(2)29(35)28(24)26(21)18-6-10-20(33)11-7-18/h4-12,14,22-23,26-27,33H,3,13,15H2,1-2H3/t22-,23+,26-,27-/m0/s1. The molecule has 6 rings (SSSR count). The zero-order valence-electron chi connectivity index (χ0n) is 20.7. The van der Waals surface area contributed by atoms with Gasteiger partial charge in [0.05, 0.1) is 17.5 Å². The topological polar surface area (TPSA) is 91.8 Å². The molecule has 2 amide bonds. The summed E-state index contributed by atoms with van der Waals surface area (Å²) >= 11 is 0. The largest absolute Gasteiger partial charge is 0.508 e. The number of aromatic hydroxyl groups is 1. The van der Waals surface area contributed by atoms with Gasteiger partial charge in [0.2, 0.25) is 11.8 Å². The number of benzene rings is 2. The molecule has 4 aliphatic rings. The van der Waals surface area contributed by atoms with Crippen LogP contribution in [0.4, 0.5) is 5.69 Å². The van der Waals surface area contributed by atoms with Gasteiger partial charge >= 0.3 is 0 Å². The molecule has 3 aliphatic carbocycles. The van der Waals surface area contributed by atoms with Crippen LogP contribution in [-0.4, -0.2) is 28.5 Å². The third kappa shape index (κ3) is 3.46. The Morgan fingerprint density at radius 1 is 0.919 bits per heavy atom. The molecule has 0 aromatic heterocycles. The average molecular weight is 494 g/mol. The predicted molar refractivity (Wildman–Crippen MR) is 138 cm³/mol. The van der Waals surface area contributed by atoms with Crippen molar-refractivity contribution in [3.05, 3.63) is 94.1 Å². The number of imide groups is 1. The number of rotatable bonds is 3. The summed E-state index contributed by atoms with van der Waals surface area (Å²) in [6, 6.07) is 14.1. The normalized spacial score (nSPS) is 27.0. The average Bonchev–Trinajstić information content (AvgIpc) is 3.16. The molecule has 1 N–H and O–H groups in total. The highest BCUT2D eigenvalue weighted by Gasteiger charge is 2.56. The van der Waals surface area contributed by atoms with Gasteiger partial charge in [-0.1, -0.05) is 42.8 Å². The van der Waals surface area contributed by atoms with Gasteiger partial charge < -0.3 is 5.11 Å². The van der Waals surface area contributed by atoms with E-state index in [1.165, 1.54) is 11.0 Å². The van der Waals surface area contributed by atoms with E-state index in [2.05, 4.69) is 0 Å². The number of amides is 2. The first-order chi connectivity index (χ1) is 17.8. The van der Waals surface area contributed by atoms with E-state index >= 15 is 0 Å². The SMILES string of the molecule is CCc1ccc(N2C(=O)[C@H]3[C@H](CC=C4[C@H](c5ccc(O)cc5)C5=C(C[C@H]43)C(=O)C=C(C)C5=O)C2=O)cc1. The lowest BCUT2D eigenvalue weighted by molar-refractivity contribution is -0.123. The van der Waals surface area contributed by atoms with Crippen molar-refractivity contribution in [2.24, 2.45) is 17.8 Å². The molecule has 1 saturated heterocycles. The number of aryl methyl sites for hydroxylation is 1. The van der Waals surface area contributed by atoms with Gasteiger partial charge in [-0.2, -0.15) is 0 Å². The molecule has 1 fully saturated rings. The summed E-state index contributed by atoms with van der Waals surface area (Å²) < 4.78 is 0. The Bertz CT molecular complexity index is 1460. The fourth-order valence-corrected chi connectivity index (χ4v) is 6.54. The second-order valence-electron chi connectivity index (χ2n) is 10.4. The van der Waals surface area contributed by atoms with E-state index < -0.39 is 17.8 Å². The van der Waals surface area contributed by atoms with Crippen molar-refractivity contribution in [1.82, 2.24) is 0 Å². The maximum atomic E-state index is 13.9. The predicted octanol–water partition coefficient (Wildman–Crippen LogP) is 4.59. The van der Waals surface area contributed by atoms with Crippen LogP contribution in [0.3, 0.4) is 0 Å². The van der Waals surface area contributed by atoms with Gasteiger partial charge in [0.1, 0.15) is 5.75 Å². The lowest BCUT2D eigenvalue weighted by Crippen LogP contribution is -2.39. The quantitative estimate of drug-likeness (QED) is 0.384. The maximum absolute atomic E-state index is 13.9. The Morgan fingerprint density at radius 3 is 2.30 bits per heavy atom. The van der Waals surface area contributed by atoms with E-state index in [1.54, 1.807) is 31.2 Å². The first kappa shape index (κ1) is 23.3. The molecule has 6 heteroatoms. The number of phenols is 1. The molecule has 0 unspecified atom stereocenters. The van der Waals surface area contributed by atoms with E-state index in [4.69, 9.17) is 0 Å². The van der Waals surface area contributed by atoms with Crippen molar-refractivity contribution < 1.29 is 24.3 Å². The summed E-state index contributed by atoms with van der Waals surface area (Å²) in [5.74, 6) is -2.69. The first-order valence-corrected chi connectivity index (χ1v) is 12.8. The maximum Gasteiger partial charge on any atom is 0.238 e. The molecule has 2 aromatic carbocycles. The third-order valence-corrected chi connectivity index (χ3v) is 8.39. The minimum atomic E-state index is -0.595. The number of nitrogens with zero attached hydrogens (tertiary/aromatic N) is 1. The van der Waals surface area contributed by atoms with Gasteiger partial charge in [0.25, 0.3) is 0 Å². The van der Waals surface area contributed by atoms with Crippen molar-refractivity contribution in [1.29, 1.82) is 0 Å². The van der Waals surface area contributed by atoms with Gasteiger partial charge in [-0.15, -0.1) is 0 Å². The van der Waals surface area contributed by atoms with Crippen LogP contribution < -0.4 is 4.90 Å². The van der Waals surface area contributed by atoms with Crippen LogP contribution in [0.2, 0.25) is 0 Å². The molecule has 6 nitrogen and oxygen atoms in total. The number of phenolic OH excluding ortho intramolecular Hbond substituents is 1. The zero-order valence-corrected chi connectivity index (χ0v) is 20.7. The van der Waals surface area contributed by atoms with Gasteiger partial charge in [0.15, 0.2) is 11.6 Å². The Labute approximate surface area is 215 Å². The number of carbonyl (C=O) groups excluding carboxylic acids is 4. The number of fused-ring (bicyclic) bond motifs is 3. The molecule has 2 aromatic rings. The van der Waals surface area contributed by atoms with Crippen LogP contribution in [0.25, 0.3) is 0 Å². The Hall–Kier alpha value is -4.06. The second-order valence-corrected chi connectivity index (χ2v) is 10.4. The van der Waals surface area contributed by atoms with Crippen LogP contribution >= 0.6 is 0 Å². The molecule has 0 radical (unpaired) electrons. The zero-order chi connectivity index (χ0) is 26.0. The molecular formula is C31H27NO5. The second kappa shape index (κ2) is 8.51. The Balaban J connectivity index is 1.45. The number of Topliss-reactive ketones (excluding diaryl/α,β-unsaturated/α-hetero) is 1. The number of hydrogen-bond acceptors (Lipinski definition) is 5. The Kier molecular flexibility index (Phi) is 5.37. The summed E-state index contributed by atoms with van der Waals surface area (Å²) in [5, 5.41) is 9.87. The van der Waals surface area contributed by atoms with Crippen molar-refractivity contribution in [2.75, 3.05) is 4.90 Å². The van der Waals surface area contributed by atoms with E-state index in [-0.39, 0.29) is 41.5 Å². The van der Waals surface area contributed by atoms with E-state index in [1.807, 2.05) is 37.3 Å². The van der Waals surface area contributed by atoms with Crippen LogP contribution in [-0.2, 0) is 25.6 Å². The highest BCUT2D eigenvalue weighted by Crippen LogP contribution is 2.55. The molecule has 4 atom stereocenters. The lowest BCUT2D eigenvalue weighted by atomic mass is 9.59. The van der Waals surface area contributed by atoms with Crippen molar-refractivity contribution in [3.63, 3.8) is 0 Å². The monoisotopic (exact) mass is 493 g/mol. The fraction of sp³-hybridized carbons (Fsp3) is 0.290. The van der Waals surface area contributed by atoms with Gasteiger partial charge in [-0.05, 0) is 73.6 Å². The van der Waals surface area contributed by atoms with Gasteiger partial charge in [0, 0.05) is 22.6 Å². The number of hydrogen-bond donors (Lipinski definition) is 1. The fourth-order valence-electron chi connectivity index (χ4n) is 6.54. The van der Waals surface area contributed by atoms with Crippen LogP contribution in [0.15, 0.2) is 83.0 Å². The summed E-state index contributed by atoms with van der Waals surface area (Å²) in [7, 11) is 0. The van der Waals surface area contributed by atoms with Gasteiger partial charge in [-0.25, -0.2) is 0 Å². The van der Waals surface area contributed by atoms with Crippen molar-refractivity contribution >= 4 is 29.1 Å². The molecule has 1 heterocycles. The highest BCUT2D eigenvalue weighted by molar-refractivity contribution is 6.25. The minimum absolute atomic E-state index is 0.103. The van der Waals surface area contributed by atoms with Crippen LogP contribution in [0, 0.1) is 17.8 Å². The van der Waals surface area contributed by atoms with E-state index in [9.17, 15) is 24.3 Å². The van der Waals surface area contributed by atoms with Crippen molar-refractivity contribution in [3.8, 4) is 5.75 Å². The molecule has 37 heavy (non-hydrogen) atoms.